The van der Waals surface area contributed by atoms with Crippen molar-refractivity contribution >= 4 is 23.0 Å². The number of nitrogens with zero attached hydrogens (tertiary/aromatic N) is 1. The van der Waals surface area contributed by atoms with Crippen LogP contribution in [0.15, 0.2) is 42.5 Å². The topological polar surface area (TPSA) is 83.1 Å². The van der Waals surface area contributed by atoms with E-state index in [2.05, 4.69) is 54.7 Å². The lowest BCUT2D eigenvalue weighted by molar-refractivity contribution is -0.192. The molecule has 6 unspecified atom stereocenters. The van der Waals surface area contributed by atoms with Crippen LogP contribution >= 0.6 is 0 Å². The van der Waals surface area contributed by atoms with Gasteiger partial charge in [0.15, 0.2) is 6.29 Å². The first-order valence-corrected chi connectivity index (χ1v) is 18.1. The quantitative estimate of drug-likeness (QED) is 0.241. The van der Waals surface area contributed by atoms with E-state index in [-0.39, 0.29) is 29.3 Å². The lowest BCUT2D eigenvalue weighted by Gasteiger charge is -2.42. The molecule has 1 N–H and O–H groups in total. The van der Waals surface area contributed by atoms with Gasteiger partial charge in [0.2, 0.25) is 0 Å². The first-order chi connectivity index (χ1) is 21.4. The molecule has 0 aromatic heterocycles. The number of carbonyl (C=O) groups is 1. The zero-order valence-corrected chi connectivity index (χ0v) is 27.9. The second-order valence-corrected chi connectivity index (χ2v) is 14.6. The molecule has 2 heterocycles. The van der Waals surface area contributed by atoms with Crippen molar-refractivity contribution in [2.75, 3.05) is 37.8 Å². The van der Waals surface area contributed by atoms with Crippen molar-refractivity contribution in [3.63, 3.8) is 0 Å². The second kappa shape index (κ2) is 15.8. The highest BCUT2D eigenvalue weighted by Crippen LogP contribution is 2.43. The van der Waals surface area contributed by atoms with Crippen molar-refractivity contribution in [1.29, 1.82) is 0 Å². The van der Waals surface area contributed by atoms with Gasteiger partial charge in [-0.05, 0) is 80.2 Å². The highest BCUT2D eigenvalue weighted by molar-refractivity contribution is 7.90. The number of rotatable bonds is 13. The van der Waals surface area contributed by atoms with E-state index in [1.165, 1.54) is 24.0 Å². The summed E-state index contributed by atoms with van der Waals surface area (Å²) in [6.07, 6.45) is 8.33. The van der Waals surface area contributed by atoms with Crippen LogP contribution in [0.5, 0.6) is 5.75 Å². The van der Waals surface area contributed by atoms with E-state index in [1.807, 2.05) is 19.1 Å². The highest BCUT2D eigenvalue weighted by Gasteiger charge is 2.37. The van der Waals surface area contributed by atoms with Gasteiger partial charge in [-0.15, -0.1) is 0 Å². The minimum atomic E-state index is -1.45. The fraction of sp³-hybridized carbons (Fsp3) is 0.639. The minimum absolute atomic E-state index is 0.0939. The molecule has 0 spiro atoms. The third-order valence-electron chi connectivity index (χ3n) is 9.95. The zero-order chi connectivity index (χ0) is 31.1. The first-order valence-electron chi connectivity index (χ1n) is 16.9. The van der Waals surface area contributed by atoms with E-state index < -0.39 is 11.4 Å². The third-order valence-corrected chi connectivity index (χ3v) is 11.5. The number of amides is 1. The molecule has 2 aliphatic heterocycles. The summed E-state index contributed by atoms with van der Waals surface area (Å²) < 4.78 is 34.1. The number of benzene rings is 2. The number of anilines is 1. The minimum Gasteiger partial charge on any atom is -0.593 e. The zero-order valence-electron chi connectivity index (χ0n) is 27.1. The van der Waals surface area contributed by atoms with Crippen LogP contribution in [0.2, 0.25) is 0 Å². The molecule has 2 aromatic carbocycles. The van der Waals surface area contributed by atoms with Crippen LogP contribution in [0.4, 0.5) is 5.69 Å². The maximum Gasteiger partial charge on any atom is 0.292 e. The molecule has 1 saturated carbocycles. The number of hydrogen-bond donors (Lipinski definition) is 1. The maximum atomic E-state index is 13.4. The number of carbonyl (C=O) groups excluding carboxylic acids is 1. The Morgan fingerprint density at radius 1 is 1.07 bits per heavy atom. The Bertz CT molecular complexity index is 1220. The Morgan fingerprint density at radius 2 is 1.84 bits per heavy atom. The molecular weight excluding hydrogens is 572 g/mol. The van der Waals surface area contributed by atoms with E-state index in [4.69, 9.17) is 14.2 Å². The van der Waals surface area contributed by atoms with Crippen LogP contribution in [0.3, 0.4) is 0 Å². The molecule has 6 atom stereocenters. The number of nitrogens with one attached hydrogen (secondary N) is 1. The van der Waals surface area contributed by atoms with Crippen LogP contribution in [0, 0.1) is 17.8 Å². The molecule has 1 amide bonds. The fourth-order valence-corrected chi connectivity index (χ4v) is 8.01. The molecular formula is C36H52N2O5S. The third kappa shape index (κ3) is 8.11. The standard InChI is InChI=1S/C36H52N2O5S/c1-5-10-25(3)26(4)44(40)37-36(39)29-16-17-34-33(20-29)38(22-30-15-14-28(30)21-35-41-18-9-19-42-35)23-31(24-43-34)32-13-8-7-12-27(32)11-6-2/h7-8,12-13,16-17,20,25-26,28,30-31,35H,5-6,9-11,14-15,18-19,21-24H2,1-4H3,(H,37,39). The molecule has 1 aliphatic carbocycles. The SMILES string of the molecule is CCCc1ccccc1C1COc2ccc(C(=O)N[S+]([O-])C(C)C(C)CCC)cc2N(CC2CCC2CC2OCCCO2)C1. The second-order valence-electron chi connectivity index (χ2n) is 13.1. The molecule has 0 radical (unpaired) electrons. The monoisotopic (exact) mass is 624 g/mol. The predicted octanol–water partition coefficient (Wildman–Crippen LogP) is 7.02. The van der Waals surface area contributed by atoms with E-state index in [1.54, 1.807) is 6.07 Å². The van der Waals surface area contributed by atoms with Gasteiger partial charge in [0.1, 0.15) is 11.0 Å². The van der Waals surface area contributed by atoms with Gasteiger partial charge in [-0.2, -0.15) is 4.72 Å². The molecule has 8 heteroatoms. The summed E-state index contributed by atoms with van der Waals surface area (Å²) in [5, 5.41) is -0.115. The molecule has 7 nitrogen and oxygen atoms in total. The summed E-state index contributed by atoms with van der Waals surface area (Å²) in [6, 6.07) is 14.4. The summed E-state index contributed by atoms with van der Waals surface area (Å²) in [7, 11) is 0. The van der Waals surface area contributed by atoms with Gasteiger partial charge in [0, 0.05) is 36.9 Å². The fourth-order valence-electron chi connectivity index (χ4n) is 6.96. The van der Waals surface area contributed by atoms with E-state index in [0.717, 1.165) is 76.3 Å². The summed E-state index contributed by atoms with van der Waals surface area (Å²) in [6.45, 7) is 12.3. The summed E-state index contributed by atoms with van der Waals surface area (Å²) in [5.74, 6) is 2.05. The smallest absolute Gasteiger partial charge is 0.292 e. The van der Waals surface area contributed by atoms with Gasteiger partial charge >= 0.3 is 0 Å². The molecule has 1 saturated heterocycles. The van der Waals surface area contributed by atoms with Crippen molar-refractivity contribution < 1.29 is 23.6 Å². The molecule has 3 aliphatic rings. The van der Waals surface area contributed by atoms with Gasteiger partial charge in [0.25, 0.3) is 5.91 Å². The number of hydrogen-bond acceptors (Lipinski definition) is 6. The van der Waals surface area contributed by atoms with Crippen molar-refractivity contribution in [2.45, 2.75) is 96.5 Å². The van der Waals surface area contributed by atoms with Gasteiger partial charge in [-0.25, -0.2) is 0 Å². The molecule has 2 aromatic rings. The Hall–Kier alpha value is -2.26. The van der Waals surface area contributed by atoms with Crippen LogP contribution in [0.1, 0.15) is 100 Å². The largest absolute Gasteiger partial charge is 0.593 e. The lowest BCUT2D eigenvalue weighted by Crippen LogP contribution is -2.42. The molecule has 242 valence electrons. The Labute approximate surface area is 267 Å². The highest BCUT2D eigenvalue weighted by atomic mass is 32.2. The number of aryl methyl sites for hydroxylation is 1. The van der Waals surface area contributed by atoms with Crippen LogP contribution in [-0.4, -0.2) is 54.9 Å². The van der Waals surface area contributed by atoms with E-state index >= 15 is 0 Å². The average Bonchev–Trinajstić information content (AvgIpc) is 3.21. The van der Waals surface area contributed by atoms with Gasteiger partial charge in [0.05, 0.1) is 36.9 Å². The van der Waals surface area contributed by atoms with Gasteiger partial charge in [-0.3, -0.25) is 4.79 Å². The summed E-state index contributed by atoms with van der Waals surface area (Å²) in [5.41, 5.74) is 4.20. The van der Waals surface area contributed by atoms with Gasteiger partial charge in [-0.1, -0.05) is 57.9 Å². The van der Waals surface area contributed by atoms with Crippen molar-refractivity contribution in [2.24, 2.45) is 17.8 Å². The molecule has 5 rings (SSSR count). The predicted molar refractivity (Wildman–Crippen MR) is 178 cm³/mol. The summed E-state index contributed by atoms with van der Waals surface area (Å²) in [4.78, 5) is 15.8. The molecule has 44 heavy (non-hydrogen) atoms. The first kappa shape index (κ1) is 33.1. The van der Waals surface area contributed by atoms with E-state index in [9.17, 15) is 9.35 Å². The van der Waals surface area contributed by atoms with Crippen LogP contribution in [-0.2, 0) is 27.3 Å². The summed E-state index contributed by atoms with van der Waals surface area (Å²) >= 11 is -1.45. The van der Waals surface area contributed by atoms with Crippen LogP contribution < -0.4 is 14.4 Å². The van der Waals surface area contributed by atoms with Crippen LogP contribution in [0.25, 0.3) is 0 Å². The molecule has 0 bridgehead atoms. The van der Waals surface area contributed by atoms with Crippen molar-refractivity contribution in [1.82, 2.24) is 4.72 Å². The Morgan fingerprint density at radius 3 is 2.57 bits per heavy atom. The molecule has 2 fully saturated rings. The lowest BCUT2D eigenvalue weighted by atomic mass is 9.71. The van der Waals surface area contributed by atoms with Crippen molar-refractivity contribution in [3.05, 3.63) is 59.2 Å². The van der Waals surface area contributed by atoms with Gasteiger partial charge < -0.3 is 23.7 Å². The Balaban J connectivity index is 1.37. The normalized spacial score (nSPS) is 24.3. The number of fused-ring (bicyclic) bond motifs is 1. The van der Waals surface area contributed by atoms with Crippen molar-refractivity contribution in [3.8, 4) is 5.75 Å². The number of ether oxygens (including phenoxy) is 3. The van der Waals surface area contributed by atoms with E-state index in [0.29, 0.717) is 24.0 Å². The Kier molecular flexibility index (Phi) is 11.9. The average molecular weight is 625 g/mol. The maximum absolute atomic E-state index is 13.4.